The first-order valence-electron chi connectivity index (χ1n) is 16.5. The molecule has 1 saturated carbocycles. The van der Waals surface area contributed by atoms with Crippen molar-refractivity contribution in [2.24, 2.45) is 17.8 Å². The third-order valence-electron chi connectivity index (χ3n) is 7.63. The molecule has 1 fully saturated rings. The van der Waals surface area contributed by atoms with Gasteiger partial charge in [0.25, 0.3) is 0 Å². The molecule has 1 aliphatic carbocycles. The van der Waals surface area contributed by atoms with E-state index >= 15 is 0 Å². The number of nitrogens with one attached hydrogen (secondary N) is 4. The van der Waals surface area contributed by atoms with Gasteiger partial charge in [-0.15, -0.1) is 0 Å². The second kappa shape index (κ2) is 17.3. The van der Waals surface area contributed by atoms with Gasteiger partial charge in [-0.2, -0.15) is 9.97 Å². The molecule has 0 bridgehead atoms. The maximum atomic E-state index is 4.91. The Balaban J connectivity index is 0.000000245. The van der Waals surface area contributed by atoms with Gasteiger partial charge in [0, 0.05) is 44.4 Å². The van der Waals surface area contributed by atoms with Crippen LogP contribution in [0.25, 0.3) is 0 Å². The van der Waals surface area contributed by atoms with Gasteiger partial charge in [-0.3, -0.25) is 0 Å². The van der Waals surface area contributed by atoms with E-state index in [1.165, 1.54) is 24.0 Å². The highest BCUT2D eigenvalue weighted by atomic mass is 15.1. The second-order valence-electron chi connectivity index (χ2n) is 13.1. The van der Waals surface area contributed by atoms with Crippen LogP contribution in [0, 0.1) is 17.8 Å². The fourth-order valence-corrected chi connectivity index (χ4v) is 5.01. The van der Waals surface area contributed by atoms with Crippen molar-refractivity contribution in [2.45, 2.75) is 72.8 Å². The average molecular weight is 609 g/mol. The lowest BCUT2D eigenvalue weighted by Crippen LogP contribution is -2.24. The first kappa shape index (κ1) is 33.7. The third-order valence-corrected chi connectivity index (χ3v) is 7.63. The Labute approximate surface area is 270 Å². The summed E-state index contributed by atoms with van der Waals surface area (Å²) in [6.45, 7) is 16.5. The molecule has 0 radical (unpaired) electrons. The Hall–Kier alpha value is -4.20. The standard InChI is InChI=1S/C25H30N4.C12H22N4/c1-18(2)16-26-24-15-23(22-14-13-21(22)20-11-7-4-8-12-20)28-25(29-24)27-17-19-9-5-3-6-10-19;1-9(2)7-14-11-5-6-13-12(16-11)15-8-10(3)4/h3-12,15,18,21-22H,13-14,16-17H2,1-2H3,(H2,26,27,28,29);5-6,9-10H,7-8H2,1-4H3,(H2,13,14,15,16). The zero-order chi connectivity index (χ0) is 32.0. The minimum atomic E-state index is 0.456. The molecule has 4 N–H and O–H groups in total. The highest BCUT2D eigenvalue weighted by Gasteiger charge is 2.34. The summed E-state index contributed by atoms with van der Waals surface area (Å²) in [6, 6.07) is 25.3. The highest BCUT2D eigenvalue weighted by Crippen LogP contribution is 2.48. The highest BCUT2D eigenvalue weighted by molar-refractivity contribution is 5.45. The van der Waals surface area contributed by atoms with Gasteiger partial charge in [0.15, 0.2) is 0 Å². The fourth-order valence-electron chi connectivity index (χ4n) is 5.01. The largest absolute Gasteiger partial charge is 0.370 e. The van der Waals surface area contributed by atoms with E-state index in [4.69, 9.17) is 9.97 Å². The van der Waals surface area contributed by atoms with Gasteiger partial charge < -0.3 is 21.3 Å². The van der Waals surface area contributed by atoms with Crippen molar-refractivity contribution >= 4 is 23.5 Å². The Morgan fingerprint density at radius 1 is 0.600 bits per heavy atom. The first-order chi connectivity index (χ1) is 21.8. The SMILES string of the molecule is CC(C)CNc1cc(C2CCC2c2ccccc2)nc(NCc2ccccc2)n1.CC(C)CNc1ccnc(NCC(C)C)n1. The Morgan fingerprint density at radius 3 is 1.80 bits per heavy atom. The van der Waals surface area contributed by atoms with Crippen molar-refractivity contribution in [3.05, 3.63) is 95.8 Å². The lowest BCUT2D eigenvalue weighted by molar-refractivity contribution is 0.340. The molecule has 45 heavy (non-hydrogen) atoms. The predicted molar refractivity (Wildman–Crippen MR) is 189 cm³/mol. The van der Waals surface area contributed by atoms with E-state index in [1.54, 1.807) is 6.20 Å². The zero-order valence-electron chi connectivity index (χ0n) is 27.9. The topological polar surface area (TPSA) is 99.7 Å². The van der Waals surface area contributed by atoms with Crippen LogP contribution in [0.1, 0.15) is 83.0 Å². The molecule has 2 unspecified atom stereocenters. The van der Waals surface area contributed by atoms with Crippen molar-refractivity contribution in [1.82, 2.24) is 19.9 Å². The summed E-state index contributed by atoms with van der Waals surface area (Å²) in [5.41, 5.74) is 3.78. The number of nitrogens with zero attached hydrogens (tertiary/aromatic N) is 4. The number of hydrogen-bond acceptors (Lipinski definition) is 8. The van der Waals surface area contributed by atoms with Gasteiger partial charge in [0.05, 0.1) is 5.69 Å². The quantitative estimate of drug-likeness (QED) is 0.113. The number of benzene rings is 2. The van der Waals surface area contributed by atoms with Crippen LogP contribution in [0.3, 0.4) is 0 Å². The van der Waals surface area contributed by atoms with Crippen LogP contribution in [0.5, 0.6) is 0 Å². The predicted octanol–water partition coefficient (Wildman–Crippen LogP) is 8.43. The molecule has 240 valence electrons. The molecule has 0 amide bonds. The van der Waals surface area contributed by atoms with Crippen LogP contribution in [0.15, 0.2) is 79.0 Å². The second-order valence-corrected chi connectivity index (χ2v) is 13.1. The number of anilines is 4. The minimum Gasteiger partial charge on any atom is -0.370 e. The van der Waals surface area contributed by atoms with Crippen molar-refractivity contribution in [2.75, 3.05) is 40.9 Å². The van der Waals surface area contributed by atoms with Crippen LogP contribution < -0.4 is 21.3 Å². The van der Waals surface area contributed by atoms with Gasteiger partial charge in [0.1, 0.15) is 11.6 Å². The number of rotatable bonds is 14. The molecule has 1 aliphatic rings. The van der Waals surface area contributed by atoms with Crippen molar-refractivity contribution in [1.29, 1.82) is 0 Å². The molecular weight excluding hydrogens is 556 g/mol. The molecule has 0 spiro atoms. The zero-order valence-corrected chi connectivity index (χ0v) is 27.9. The van der Waals surface area contributed by atoms with E-state index in [9.17, 15) is 0 Å². The summed E-state index contributed by atoms with van der Waals surface area (Å²) in [4.78, 5) is 18.2. The van der Waals surface area contributed by atoms with Crippen molar-refractivity contribution in [3.8, 4) is 0 Å². The van der Waals surface area contributed by atoms with Gasteiger partial charge in [-0.1, -0.05) is 102 Å². The molecule has 5 rings (SSSR count). The van der Waals surface area contributed by atoms with Crippen LogP contribution in [-0.2, 0) is 6.54 Å². The molecule has 2 heterocycles. The summed E-state index contributed by atoms with van der Waals surface area (Å²) in [5.74, 6) is 5.97. The number of aromatic nitrogens is 4. The lowest BCUT2D eigenvalue weighted by atomic mass is 9.68. The fraction of sp³-hybridized carbons (Fsp3) is 0.459. The molecule has 4 aromatic rings. The van der Waals surface area contributed by atoms with E-state index < -0.39 is 0 Å². The van der Waals surface area contributed by atoms with Gasteiger partial charge in [-0.25, -0.2) is 9.97 Å². The van der Waals surface area contributed by atoms with E-state index in [-0.39, 0.29) is 0 Å². The molecule has 2 aromatic carbocycles. The minimum absolute atomic E-state index is 0.456. The lowest BCUT2D eigenvalue weighted by Gasteiger charge is -2.37. The summed E-state index contributed by atoms with van der Waals surface area (Å²) in [6.07, 6.45) is 4.18. The number of hydrogen-bond donors (Lipinski definition) is 4. The molecule has 0 aliphatic heterocycles. The smallest absolute Gasteiger partial charge is 0.225 e. The molecule has 8 heteroatoms. The van der Waals surface area contributed by atoms with E-state index in [2.05, 4.69) is 133 Å². The summed E-state index contributed by atoms with van der Waals surface area (Å²) in [7, 11) is 0. The third kappa shape index (κ3) is 11.3. The van der Waals surface area contributed by atoms with E-state index in [0.717, 1.165) is 43.5 Å². The monoisotopic (exact) mass is 608 g/mol. The molecule has 8 nitrogen and oxygen atoms in total. The van der Waals surface area contributed by atoms with Crippen LogP contribution >= 0.6 is 0 Å². The van der Waals surface area contributed by atoms with Gasteiger partial charge in [-0.05, 0) is 53.7 Å². The first-order valence-corrected chi connectivity index (χ1v) is 16.5. The Bertz CT molecular complexity index is 1380. The maximum absolute atomic E-state index is 4.91. The maximum Gasteiger partial charge on any atom is 0.225 e. The molecule has 0 saturated heterocycles. The van der Waals surface area contributed by atoms with Crippen LogP contribution in [0.2, 0.25) is 0 Å². The Morgan fingerprint density at radius 2 is 1.18 bits per heavy atom. The molecular formula is C37H52N8. The van der Waals surface area contributed by atoms with Crippen LogP contribution in [-0.4, -0.2) is 39.6 Å². The van der Waals surface area contributed by atoms with Crippen molar-refractivity contribution < 1.29 is 0 Å². The average Bonchev–Trinajstić information content (AvgIpc) is 3.02. The van der Waals surface area contributed by atoms with E-state index in [0.29, 0.717) is 41.5 Å². The summed E-state index contributed by atoms with van der Waals surface area (Å²) in [5, 5.41) is 13.4. The van der Waals surface area contributed by atoms with Crippen LogP contribution in [0.4, 0.5) is 23.5 Å². The van der Waals surface area contributed by atoms with E-state index in [1.807, 2.05) is 12.1 Å². The molecule has 2 aromatic heterocycles. The summed E-state index contributed by atoms with van der Waals surface area (Å²) < 4.78 is 0. The summed E-state index contributed by atoms with van der Waals surface area (Å²) >= 11 is 0. The van der Waals surface area contributed by atoms with Gasteiger partial charge in [0.2, 0.25) is 11.9 Å². The normalized spacial score (nSPS) is 15.7. The van der Waals surface area contributed by atoms with Gasteiger partial charge >= 0.3 is 0 Å². The Kier molecular flexibility index (Phi) is 13.0. The van der Waals surface area contributed by atoms with Crippen molar-refractivity contribution in [3.63, 3.8) is 0 Å². The molecule has 2 atom stereocenters.